The number of hydrogen-bond donors (Lipinski definition) is 1. The molecule has 1 amide bonds. The lowest BCUT2D eigenvalue weighted by molar-refractivity contribution is -0.132. The zero-order valence-corrected chi connectivity index (χ0v) is 27.8. The molecule has 5 aromatic rings. The average Bonchev–Trinajstić information content (AvgIpc) is 3.75. The van der Waals surface area contributed by atoms with Gasteiger partial charge in [-0.2, -0.15) is 0 Å². The van der Waals surface area contributed by atoms with E-state index >= 15 is 0 Å². The molecule has 4 heterocycles. The van der Waals surface area contributed by atoms with Crippen molar-refractivity contribution < 1.29 is 28.6 Å². The van der Waals surface area contributed by atoms with Crippen molar-refractivity contribution in [3.63, 3.8) is 0 Å². The van der Waals surface area contributed by atoms with Gasteiger partial charge in [0.2, 0.25) is 5.13 Å². The number of amides is 1. The van der Waals surface area contributed by atoms with Crippen LogP contribution < -0.4 is 14.4 Å². The molecule has 1 saturated heterocycles. The van der Waals surface area contributed by atoms with Crippen LogP contribution in [0.15, 0.2) is 70.7 Å². The molecule has 1 N–H and O–H groups in total. The number of nitrogens with zero attached hydrogens (tertiary/aromatic N) is 5. The number of imidazole rings is 1. The highest BCUT2D eigenvalue weighted by atomic mass is 32.2. The number of ketones is 1. The molecular formula is C34H32FN5O5S2. The number of methoxy groups -OCH3 is 1. The molecule has 1 unspecified atom stereocenters. The van der Waals surface area contributed by atoms with E-state index in [1.165, 1.54) is 35.9 Å². The highest BCUT2D eigenvalue weighted by Gasteiger charge is 2.49. The Balaban J connectivity index is 1.44. The van der Waals surface area contributed by atoms with Crippen molar-refractivity contribution in [3.05, 3.63) is 100 Å². The van der Waals surface area contributed by atoms with Crippen molar-refractivity contribution in [2.45, 2.75) is 49.7 Å². The fraction of sp³-hybridized carbons (Fsp3) is 0.265. The molecule has 0 bridgehead atoms. The van der Waals surface area contributed by atoms with E-state index in [-0.39, 0.29) is 22.2 Å². The van der Waals surface area contributed by atoms with Crippen LogP contribution in [0.4, 0.5) is 9.52 Å². The maximum Gasteiger partial charge on any atom is 0.301 e. The number of aliphatic hydroxyl groups is 1. The van der Waals surface area contributed by atoms with Crippen molar-refractivity contribution in [1.29, 1.82) is 0 Å². The van der Waals surface area contributed by atoms with Crippen LogP contribution in [0.5, 0.6) is 11.5 Å². The first kappa shape index (κ1) is 32.2. The number of hydrogen-bond acceptors (Lipinski definition) is 10. The van der Waals surface area contributed by atoms with Gasteiger partial charge >= 0.3 is 5.91 Å². The number of fused-ring (bicyclic) bond motifs is 1. The molecule has 242 valence electrons. The highest BCUT2D eigenvalue weighted by molar-refractivity contribution is 8.00. The van der Waals surface area contributed by atoms with Crippen LogP contribution in [-0.4, -0.2) is 50.1 Å². The Labute approximate surface area is 278 Å². The summed E-state index contributed by atoms with van der Waals surface area (Å²) in [7, 11) is 1.51. The minimum absolute atomic E-state index is 0.128. The van der Waals surface area contributed by atoms with Crippen LogP contribution in [0.1, 0.15) is 53.9 Å². The summed E-state index contributed by atoms with van der Waals surface area (Å²) in [4.78, 5) is 33.6. The van der Waals surface area contributed by atoms with Gasteiger partial charge in [0.1, 0.15) is 17.2 Å². The normalized spacial score (nSPS) is 15.9. The Morgan fingerprint density at radius 1 is 1.09 bits per heavy atom. The van der Waals surface area contributed by atoms with Gasteiger partial charge in [-0.1, -0.05) is 60.7 Å². The lowest BCUT2D eigenvalue weighted by Gasteiger charge is -2.23. The number of benzene rings is 2. The van der Waals surface area contributed by atoms with Gasteiger partial charge in [-0.15, -0.1) is 10.2 Å². The number of aromatic nitrogens is 4. The van der Waals surface area contributed by atoms with Gasteiger partial charge in [0.15, 0.2) is 21.6 Å². The summed E-state index contributed by atoms with van der Waals surface area (Å²) >= 11 is 2.52. The van der Waals surface area contributed by atoms with E-state index in [1.807, 2.05) is 29.7 Å². The molecule has 10 nitrogen and oxygen atoms in total. The largest absolute Gasteiger partial charge is 0.505 e. The molecule has 47 heavy (non-hydrogen) atoms. The minimum Gasteiger partial charge on any atom is -0.505 e. The van der Waals surface area contributed by atoms with E-state index in [1.54, 1.807) is 37.3 Å². The first-order chi connectivity index (χ1) is 22.7. The van der Waals surface area contributed by atoms with Gasteiger partial charge in [-0.05, 0) is 67.3 Å². The second-order valence-electron chi connectivity index (χ2n) is 11.0. The number of anilines is 1. The predicted octanol–water partition coefficient (Wildman–Crippen LogP) is 7.05. The van der Waals surface area contributed by atoms with Crippen molar-refractivity contribution in [1.82, 2.24) is 19.6 Å². The number of unbranched alkanes of at least 4 members (excludes halogenated alkanes) is 1. The van der Waals surface area contributed by atoms with Crippen LogP contribution in [0.3, 0.4) is 0 Å². The number of aryl methyl sites for hydroxylation is 2. The number of aliphatic hydroxyl groups excluding tert-OH is 1. The SMILES string of the molecule is CCCCOc1ccc(C2C(=C(O)c3nc4c(C)cccn4c3C)C(=O)C(=O)N2c2nnc(SCc3ccc(F)cc3)s2)cc1OC. The monoisotopic (exact) mass is 673 g/mol. The van der Waals surface area contributed by atoms with E-state index < -0.39 is 23.5 Å². The van der Waals surface area contributed by atoms with Gasteiger partial charge < -0.3 is 19.0 Å². The van der Waals surface area contributed by atoms with E-state index in [0.717, 1.165) is 35.3 Å². The highest BCUT2D eigenvalue weighted by Crippen LogP contribution is 2.46. The van der Waals surface area contributed by atoms with Gasteiger partial charge in [-0.25, -0.2) is 9.37 Å². The third kappa shape index (κ3) is 6.20. The number of halogens is 1. The summed E-state index contributed by atoms with van der Waals surface area (Å²) in [5, 5.41) is 20.6. The van der Waals surface area contributed by atoms with Crippen molar-refractivity contribution >= 4 is 51.3 Å². The lowest BCUT2D eigenvalue weighted by atomic mass is 9.96. The van der Waals surface area contributed by atoms with E-state index in [4.69, 9.17) is 9.47 Å². The summed E-state index contributed by atoms with van der Waals surface area (Å²) in [5.41, 5.74) is 3.57. The number of pyridine rings is 1. The third-order valence-electron chi connectivity index (χ3n) is 7.89. The first-order valence-corrected chi connectivity index (χ1v) is 16.8. The molecule has 0 aliphatic carbocycles. The van der Waals surface area contributed by atoms with Gasteiger partial charge in [0.25, 0.3) is 5.78 Å². The second kappa shape index (κ2) is 13.5. The molecule has 6 rings (SSSR count). The Bertz CT molecular complexity index is 2010. The summed E-state index contributed by atoms with van der Waals surface area (Å²) < 4.78 is 27.3. The van der Waals surface area contributed by atoms with Gasteiger partial charge in [-0.3, -0.25) is 14.5 Å². The van der Waals surface area contributed by atoms with Crippen molar-refractivity contribution in [3.8, 4) is 11.5 Å². The Morgan fingerprint density at radius 2 is 1.87 bits per heavy atom. The molecule has 13 heteroatoms. The van der Waals surface area contributed by atoms with Gasteiger partial charge in [0, 0.05) is 11.9 Å². The first-order valence-electron chi connectivity index (χ1n) is 15.0. The van der Waals surface area contributed by atoms with E-state index in [9.17, 15) is 19.1 Å². The van der Waals surface area contributed by atoms with Crippen molar-refractivity contribution in [2.75, 3.05) is 18.6 Å². The number of thioether (sulfide) groups is 1. The van der Waals surface area contributed by atoms with Crippen LogP contribution in [0, 0.1) is 19.7 Å². The van der Waals surface area contributed by atoms with E-state index in [0.29, 0.717) is 45.1 Å². The zero-order valence-electron chi connectivity index (χ0n) is 26.2. The molecule has 1 atom stereocenters. The summed E-state index contributed by atoms with van der Waals surface area (Å²) in [6.45, 7) is 6.27. The summed E-state index contributed by atoms with van der Waals surface area (Å²) in [6.07, 6.45) is 3.65. The molecule has 0 spiro atoms. The molecule has 1 aliphatic heterocycles. The maximum absolute atomic E-state index is 13.8. The molecule has 0 saturated carbocycles. The van der Waals surface area contributed by atoms with E-state index in [2.05, 4.69) is 22.1 Å². The quantitative estimate of drug-likeness (QED) is 0.0393. The number of Topliss-reactive ketones (excluding diaryl/α,β-unsaturated/α-hetero) is 1. The second-order valence-corrected chi connectivity index (χ2v) is 13.2. The molecule has 1 fully saturated rings. The average molecular weight is 674 g/mol. The van der Waals surface area contributed by atoms with Crippen molar-refractivity contribution in [2.24, 2.45) is 0 Å². The molecule has 2 aromatic carbocycles. The number of rotatable bonds is 11. The zero-order chi connectivity index (χ0) is 33.2. The van der Waals surface area contributed by atoms with Gasteiger partial charge in [0.05, 0.1) is 31.0 Å². The number of carbonyl (C=O) groups is 2. The standard InChI is InChI=1S/C34H32FN5O5S2/c1-5-6-16-45-24-14-11-22(17-25(24)44-4)28-26(29(41)27-20(3)39-15-7-8-19(2)31(39)36-27)30(42)32(43)40(28)33-37-38-34(47-33)46-18-21-9-12-23(35)13-10-21/h7-15,17,28,41H,5-6,16,18H2,1-4H3. The lowest BCUT2D eigenvalue weighted by Crippen LogP contribution is -2.29. The molecule has 3 aromatic heterocycles. The number of carbonyl (C=O) groups excluding carboxylic acids is 2. The maximum atomic E-state index is 13.8. The number of ether oxygens (including phenoxy) is 2. The predicted molar refractivity (Wildman–Crippen MR) is 179 cm³/mol. The summed E-state index contributed by atoms with van der Waals surface area (Å²) in [5.74, 6) is -1.02. The summed E-state index contributed by atoms with van der Waals surface area (Å²) in [6, 6.07) is 14.0. The van der Waals surface area contributed by atoms with Crippen LogP contribution in [-0.2, 0) is 15.3 Å². The Hall–Kier alpha value is -4.75. The Kier molecular flexibility index (Phi) is 9.28. The van der Waals surface area contributed by atoms with Crippen LogP contribution in [0.2, 0.25) is 0 Å². The fourth-order valence-corrected chi connectivity index (χ4v) is 7.23. The molecule has 1 aliphatic rings. The Morgan fingerprint density at radius 3 is 2.60 bits per heavy atom. The minimum atomic E-state index is -1.07. The topological polar surface area (TPSA) is 119 Å². The van der Waals surface area contributed by atoms with Crippen LogP contribution >= 0.6 is 23.1 Å². The molecular weight excluding hydrogens is 642 g/mol. The fourth-order valence-electron chi connectivity index (χ4n) is 5.40. The third-order valence-corrected chi connectivity index (χ3v) is 10.0. The molecule has 0 radical (unpaired) electrons. The smallest absolute Gasteiger partial charge is 0.301 e. The van der Waals surface area contributed by atoms with Crippen LogP contribution in [0.25, 0.3) is 11.4 Å².